The maximum Gasteiger partial charge on any atom is 0.146 e. The Morgan fingerprint density at radius 1 is 1.70 bits per heavy atom. The predicted molar refractivity (Wildman–Crippen MR) is 35.6 cm³/mol. The molecule has 0 spiro atoms. The largest absolute Gasteiger partial charge is 0.359 e. The van der Waals surface area contributed by atoms with E-state index in [1.807, 2.05) is 0 Å². The van der Waals surface area contributed by atoms with Gasteiger partial charge in [-0.25, -0.2) is 0 Å². The Balaban J connectivity index is 2.12. The van der Waals surface area contributed by atoms with Gasteiger partial charge >= 0.3 is 0 Å². The van der Waals surface area contributed by atoms with Crippen molar-refractivity contribution in [2.75, 3.05) is 13.9 Å². The molecular formula is C7H12O3. The number of carbonyl (C=O) groups is 1. The zero-order valence-corrected chi connectivity index (χ0v) is 6.13. The van der Waals surface area contributed by atoms with E-state index in [0.717, 1.165) is 6.42 Å². The van der Waals surface area contributed by atoms with Crippen LogP contribution >= 0.6 is 0 Å². The smallest absolute Gasteiger partial charge is 0.146 e. The summed E-state index contributed by atoms with van der Waals surface area (Å²) in [6.45, 7) is 0.304. The van der Waals surface area contributed by atoms with Gasteiger partial charge in [-0.1, -0.05) is 0 Å². The quantitative estimate of drug-likeness (QED) is 0.548. The fourth-order valence-corrected chi connectivity index (χ4v) is 1.09. The van der Waals surface area contributed by atoms with E-state index in [4.69, 9.17) is 9.47 Å². The van der Waals surface area contributed by atoms with Crippen LogP contribution in [0.25, 0.3) is 0 Å². The van der Waals surface area contributed by atoms with Gasteiger partial charge in [-0.2, -0.15) is 0 Å². The average Bonchev–Trinajstić information content (AvgIpc) is 2.31. The van der Waals surface area contributed by atoms with Crippen molar-refractivity contribution in [2.45, 2.75) is 25.4 Å². The monoisotopic (exact) mass is 144 g/mol. The molecular weight excluding hydrogens is 132 g/mol. The molecule has 1 saturated carbocycles. The third-order valence-corrected chi connectivity index (χ3v) is 1.62. The third kappa shape index (κ3) is 2.08. The van der Waals surface area contributed by atoms with Crippen LogP contribution in [0.2, 0.25) is 0 Å². The van der Waals surface area contributed by atoms with Crippen molar-refractivity contribution in [3.05, 3.63) is 0 Å². The Kier molecular flexibility index (Phi) is 2.83. The molecule has 3 nitrogen and oxygen atoms in total. The van der Waals surface area contributed by atoms with E-state index in [2.05, 4.69) is 0 Å². The van der Waals surface area contributed by atoms with Gasteiger partial charge < -0.3 is 9.47 Å². The molecule has 10 heavy (non-hydrogen) atoms. The van der Waals surface area contributed by atoms with Crippen molar-refractivity contribution in [3.8, 4) is 0 Å². The summed E-state index contributed by atoms with van der Waals surface area (Å²) in [4.78, 5) is 10.7. The summed E-state index contributed by atoms with van der Waals surface area (Å²) >= 11 is 0. The summed E-state index contributed by atoms with van der Waals surface area (Å²) in [6, 6.07) is 0. The van der Waals surface area contributed by atoms with Crippen molar-refractivity contribution >= 4 is 5.78 Å². The molecule has 0 aromatic rings. The maximum atomic E-state index is 10.7. The van der Waals surface area contributed by atoms with Crippen LogP contribution in [0.4, 0.5) is 0 Å². The second kappa shape index (κ2) is 3.68. The van der Waals surface area contributed by atoms with E-state index >= 15 is 0 Å². The number of rotatable bonds is 3. The van der Waals surface area contributed by atoms with Crippen LogP contribution in [-0.4, -0.2) is 25.8 Å². The van der Waals surface area contributed by atoms with Crippen LogP contribution in [0.3, 0.4) is 0 Å². The summed E-state index contributed by atoms with van der Waals surface area (Å²) in [6.07, 6.45) is 2.23. The Morgan fingerprint density at radius 2 is 2.50 bits per heavy atom. The number of carbonyl (C=O) groups excluding carboxylic acids is 1. The van der Waals surface area contributed by atoms with E-state index < -0.39 is 0 Å². The highest BCUT2D eigenvalue weighted by Crippen LogP contribution is 2.17. The molecule has 0 saturated heterocycles. The molecule has 1 atom stereocenters. The topological polar surface area (TPSA) is 35.5 Å². The van der Waals surface area contributed by atoms with Crippen LogP contribution < -0.4 is 0 Å². The fraction of sp³-hybridized carbons (Fsp3) is 0.857. The SMILES string of the molecule is COCOC1CCC(=O)C1. The third-order valence-electron chi connectivity index (χ3n) is 1.62. The van der Waals surface area contributed by atoms with Gasteiger partial charge in [0.1, 0.15) is 12.6 Å². The van der Waals surface area contributed by atoms with Gasteiger partial charge in [0, 0.05) is 20.0 Å². The Hall–Kier alpha value is -0.410. The normalized spacial score (nSPS) is 25.7. The lowest BCUT2D eigenvalue weighted by Crippen LogP contribution is -2.10. The molecule has 0 bridgehead atoms. The molecule has 1 rings (SSSR count). The number of hydrogen-bond donors (Lipinski definition) is 0. The first-order valence-electron chi connectivity index (χ1n) is 3.45. The van der Waals surface area contributed by atoms with Gasteiger partial charge in [0.25, 0.3) is 0 Å². The molecule has 1 unspecified atom stereocenters. The minimum Gasteiger partial charge on any atom is -0.359 e. The van der Waals surface area contributed by atoms with E-state index in [1.54, 1.807) is 7.11 Å². The molecule has 1 aliphatic rings. The van der Waals surface area contributed by atoms with Gasteiger partial charge in [0.05, 0.1) is 6.10 Å². The van der Waals surface area contributed by atoms with Crippen LogP contribution in [0.1, 0.15) is 19.3 Å². The summed E-state index contributed by atoms with van der Waals surface area (Å²) in [7, 11) is 1.58. The van der Waals surface area contributed by atoms with Crippen molar-refractivity contribution in [3.63, 3.8) is 0 Å². The summed E-state index contributed by atoms with van der Waals surface area (Å²) < 4.78 is 9.88. The average molecular weight is 144 g/mol. The number of ether oxygens (including phenoxy) is 2. The second-order valence-corrected chi connectivity index (χ2v) is 2.48. The van der Waals surface area contributed by atoms with E-state index in [-0.39, 0.29) is 6.10 Å². The number of methoxy groups -OCH3 is 1. The first kappa shape index (κ1) is 7.69. The minimum atomic E-state index is 0.118. The highest BCUT2D eigenvalue weighted by Gasteiger charge is 2.21. The summed E-state index contributed by atoms with van der Waals surface area (Å²) in [5, 5.41) is 0. The lowest BCUT2D eigenvalue weighted by molar-refractivity contribution is -0.119. The number of ketones is 1. The molecule has 0 aromatic heterocycles. The molecule has 3 heteroatoms. The van der Waals surface area contributed by atoms with Crippen LogP contribution in [0.15, 0.2) is 0 Å². The Bertz CT molecular complexity index is 122. The van der Waals surface area contributed by atoms with Gasteiger partial charge in [0.15, 0.2) is 0 Å². The van der Waals surface area contributed by atoms with Crippen molar-refractivity contribution in [1.82, 2.24) is 0 Å². The zero-order valence-electron chi connectivity index (χ0n) is 6.13. The summed E-state index contributed by atoms with van der Waals surface area (Å²) in [5.41, 5.74) is 0. The standard InChI is InChI=1S/C7H12O3/c1-9-5-10-7-3-2-6(8)4-7/h7H,2-5H2,1H3. The first-order valence-corrected chi connectivity index (χ1v) is 3.45. The molecule has 0 aliphatic heterocycles. The molecule has 1 fully saturated rings. The Labute approximate surface area is 60.3 Å². The van der Waals surface area contributed by atoms with Gasteiger partial charge in [0.2, 0.25) is 0 Å². The van der Waals surface area contributed by atoms with E-state index in [1.165, 1.54) is 0 Å². The first-order chi connectivity index (χ1) is 4.83. The minimum absolute atomic E-state index is 0.118. The highest BCUT2D eigenvalue weighted by atomic mass is 16.7. The molecule has 0 heterocycles. The lowest BCUT2D eigenvalue weighted by Gasteiger charge is -2.07. The van der Waals surface area contributed by atoms with E-state index in [9.17, 15) is 4.79 Å². The molecule has 0 N–H and O–H groups in total. The second-order valence-electron chi connectivity index (χ2n) is 2.48. The fourth-order valence-electron chi connectivity index (χ4n) is 1.09. The van der Waals surface area contributed by atoms with Gasteiger partial charge in [-0.05, 0) is 6.42 Å². The summed E-state index contributed by atoms with van der Waals surface area (Å²) in [5.74, 6) is 0.307. The predicted octanol–water partition coefficient (Wildman–Crippen LogP) is 0.729. The lowest BCUT2D eigenvalue weighted by atomic mass is 10.3. The van der Waals surface area contributed by atoms with Crippen molar-refractivity contribution in [2.24, 2.45) is 0 Å². The molecule has 0 amide bonds. The highest BCUT2D eigenvalue weighted by molar-refractivity contribution is 5.80. The molecule has 0 aromatic carbocycles. The van der Waals surface area contributed by atoms with Gasteiger partial charge in [-0.15, -0.1) is 0 Å². The van der Waals surface area contributed by atoms with E-state index in [0.29, 0.717) is 25.4 Å². The van der Waals surface area contributed by atoms with Crippen LogP contribution in [0.5, 0.6) is 0 Å². The van der Waals surface area contributed by atoms with Crippen LogP contribution in [0, 0.1) is 0 Å². The van der Waals surface area contributed by atoms with Crippen molar-refractivity contribution in [1.29, 1.82) is 0 Å². The molecule has 58 valence electrons. The van der Waals surface area contributed by atoms with Crippen LogP contribution in [-0.2, 0) is 14.3 Å². The molecule has 0 radical (unpaired) electrons. The van der Waals surface area contributed by atoms with Crippen molar-refractivity contribution < 1.29 is 14.3 Å². The molecule has 1 aliphatic carbocycles. The zero-order chi connectivity index (χ0) is 7.40. The maximum absolute atomic E-state index is 10.7. The van der Waals surface area contributed by atoms with Gasteiger partial charge in [-0.3, -0.25) is 4.79 Å². The number of Topliss-reactive ketones (excluding diaryl/α,β-unsaturated/α-hetero) is 1. The number of hydrogen-bond acceptors (Lipinski definition) is 3. The Morgan fingerprint density at radius 3 is 3.00 bits per heavy atom.